The van der Waals surface area contributed by atoms with E-state index < -0.39 is 6.10 Å². The molecule has 20 heavy (non-hydrogen) atoms. The number of methoxy groups -OCH3 is 1. The fraction of sp³-hybridized carbons (Fsp3) is 0.400. The van der Waals surface area contributed by atoms with Gasteiger partial charge in [-0.1, -0.05) is 23.7 Å². The van der Waals surface area contributed by atoms with E-state index in [9.17, 15) is 9.90 Å². The lowest BCUT2D eigenvalue weighted by molar-refractivity contribution is -0.126. The summed E-state index contributed by atoms with van der Waals surface area (Å²) in [6.07, 6.45) is 2.48. The van der Waals surface area contributed by atoms with Gasteiger partial charge in [-0.15, -0.1) is 0 Å². The second-order valence-electron chi connectivity index (χ2n) is 4.67. The molecule has 1 unspecified atom stereocenters. The monoisotopic (exact) mass is 297 g/mol. The predicted octanol–water partition coefficient (Wildman–Crippen LogP) is 2.13. The number of aliphatic hydroxyl groups excluding tert-OH is 1. The van der Waals surface area contributed by atoms with Crippen LogP contribution in [0.1, 0.15) is 11.1 Å². The van der Waals surface area contributed by atoms with Crippen LogP contribution in [-0.4, -0.2) is 49.3 Å². The molecular weight excluding hydrogens is 278 g/mol. The molecule has 0 fully saturated rings. The average Bonchev–Trinajstić information content (AvgIpc) is 2.39. The molecule has 1 aromatic rings. The van der Waals surface area contributed by atoms with Crippen molar-refractivity contribution in [2.24, 2.45) is 0 Å². The largest absolute Gasteiger partial charge is 0.389 e. The summed E-state index contributed by atoms with van der Waals surface area (Å²) in [5.41, 5.74) is 1.86. The van der Waals surface area contributed by atoms with Crippen molar-refractivity contribution in [1.82, 2.24) is 4.90 Å². The van der Waals surface area contributed by atoms with E-state index in [0.29, 0.717) is 5.02 Å². The maximum absolute atomic E-state index is 11.9. The van der Waals surface area contributed by atoms with Gasteiger partial charge in [0.25, 0.3) is 0 Å². The maximum atomic E-state index is 11.9. The van der Waals surface area contributed by atoms with Crippen LogP contribution in [0.2, 0.25) is 5.02 Å². The number of likely N-dealkylation sites (N-methyl/N-ethyl adjacent to an activating group) is 1. The van der Waals surface area contributed by atoms with Crippen LogP contribution >= 0.6 is 11.6 Å². The molecule has 5 heteroatoms. The van der Waals surface area contributed by atoms with Crippen LogP contribution in [0.25, 0.3) is 6.08 Å². The minimum absolute atomic E-state index is 0.183. The van der Waals surface area contributed by atoms with Gasteiger partial charge in [-0.05, 0) is 30.2 Å². The normalized spacial score (nSPS) is 12.7. The topological polar surface area (TPSA) is 49.8 Å². The molecule has 1 amide bonds. The predicted molar refractivity (Wildman–Crippen MR) is 80.7 cm³/mol. The van der Waals surface area contributed by atoms with Gasteiger partial charge in [0, 0.05) is 31.8 Å². The summed E-state index contributed by atoms with van der Waals surface area (Å²) in [5.74, 6) is -0.183. The summed E-state index contributed by atoms with van der Waals surface area (Å²) >= 11 is 6.02. The van der Waals surface area contributed by atoms with E-state index in [-0.39, 0.29) is 19.1 Å². The number of carbonyl (C=O) groups excluding carboxylic acids is 1. The standard InChI is InChI=1S/C15H20ClNO3/c1-11-4-5-12(8-14(11)16)6-7-15(19)17(2)9-13(18)10-20-3/h4-8,13,18H,9-10H2,1-3H3. The lowest BCUT2D eigenvalue weighted by Gasteiger charge is -2.18. The summed E-state index contributed by atoms with van der Waals surface area (Å²) in [6.45, 7) is 2.35. The molecule has 0 saturated carbocycles. The van der Waals surface area contributed by atoms with Gasteiger partial charge in [0.1, 0.15) is 0 Å². The molecule has 0 aliphatic rings. The number of hydrogen-bond acceptors (Lipinski definition) is 3. The quantitative estimate of drug-likeness (QED) is 0.818. The highest BCUT2D eigenvalue weighted by atomic mass is 35.5. The van der Waals surface area contributed by atoms with Crippen molar-refractivity contribution in [1.29, 1.82) is 0 Å². The summed E-state index contributed by atoms with van der Waals surface area (Å²) < 4.78 is 4.82. The van der Waals surface area contributed by atoms with Crippen molar-refractivity contribution in [2.45, 2.75) is 13.0 Å². The van der Waals surface area contributed by atoms with Crippen LogP contribution in [0, 0.1) is 6.92 Å². The van der Waals surface area contributed by atoms with Gasteiger partial charge in [0.15, 0.2) is 0 Å². The van der Waals surface area contributed by atoms with Crippen molar-refractivity contribution in [3.05, 3.63) is 40.4 Å². The van der Waals surface area contributed by atoms with Crippen LogP contribution in [0.15, 0.2) is 24.3 Å². The van der Waals surface area contributed by atoms with Gasteiger partial charge in [-0.2, -0.15) is 0 Å². The van der Waals surface area contributed by atoms with Gasteiger partial charge in [0.05, 0.1) is 12.7 Å². The first-order chi connectivity index (χ1) is 9.43. The molecule has 0 aromatic heterocycles. The Morgan fingerprint density at radius 1 is 1.55 bits per heavy atom. The molecule has 0 aliphatic heterocycles. The molecule has 0 radical (unpaired) electrons. The van der Waals surface area contributed by atoms with Crippen molar-refractivity contribution >= 4 is 23.6 Å². The van der Waals surface area contributed by atoms with E-state index in [4.69, 9.17) is 16.3 Å². The van der Waals surface area contributed by atoms with Crippen molar-refractivity contribution in [3.8, 4) is 0 Å². The minimum Gasteiger partial charge on any atom is -0.389 e. The van der Waals surface area contributed by atoms with Gasteiger partial charge in [-0.3, -0.25) is 4.79 Å². The van der Waals surface area contributed by atoms with Gasteiger partial charge in [-0.25, -0.2) is 0 Å². The van der Waals surface area contributed by atoms with E-state index in [0.717, 1.165) is 11.1 Å². The molecule has 0 saturated heterocycles. The Hall–Kier alpha value is -1.36. The number of ether oxygens (including phenoxy) is 1. The molecule has 1 aromatic carbocycles. The molecule has 0 spiro atoms. The third-order valence-corrected chi connectivity index (χ3v) is 3.24. The molecule has 0 aliphatic carbocycles. The van der Waals surface area contributed by atoms with Gasteiger partial charge < -0.3 is 14.7 Å². The lowest BCUT2D eigenvalue weighted by Crippen LogP contribution is -2.35. The number of rotatable bonds is 6. The number of aryl methyl sites for hydroxylation is 1. The van der Waals surface area contributed by atoms with Crippen LogP contribution in [0.4, 0.5) is 0 Å². The van der Waals surface area contributed by atoms with Crippen LogP contribution < -0.4 is 0 Å². The van der Waals surface area contributed by atoms with Crippen LogP contribution in [0.3, 0.4) is 0 Å². The number of carbonyl (C=O) groups is 1. The van der Waals surface area contributed by atoms with Gasteiger partial charge >= 0.3 is 0 Å². The smallest absolute Gasteiger partial charge is 0.246 e. The Kier molecular flexibility index (Phi) is 6.71. The Morgan fingerprint density at radius 3 is 2.85 bits per heavy atom. The fourth-order valence-electron chi connectivity index (χ4n) is 1.66. The van der Waals surface area contributed by atoms with Crippen molar-refractivity contribution < 1.29 is 14.6 Å². The summed E-state index contributed by atoms with van der Waals surface area (Å²) in [5, 5.41) is 10.2. The second kappa shape index (κ2) is 8.04. The van der Waals surface area contributed by atoms with E-state index in [1.165, 1.54) is 18.1 Å². The molecule has 110 valence electrons. The molecule has 1 N–H and O–H groups in total. The molecule has 0 heterocycles. The summed E-state index contributed by atoms with van der Waals surface area (Å²) in [7, 11) is 3.14. The van der Waals surface area contributed by atoms with Crippen molar-refractivity contribution in [2.75, 3.05) is 27.3 Å². The van der Waals surface area contributed by atoms with Crippen LogP contribution in [0.5, 0.6) is 0 Å². The zero-order valence-electron chi connectivity index (χ0n) is 12.0. The number of hydrogen-bond donors (Lipinski definition) is 1. The SMILES string of the molecule is COCC(O)CN(C)C(=O)C=Cc1ccc(C)c(Cl)c1. The van der Waals surface area contributed by atoms with E-state index in [2.05, 4.69) is 0 Å². The Labute approximate surface area is 124 Å². The fourth-order valence-corrected chi connectivity index (χ4v) is 1.85. The third kappa shape index (κ3) is 5.33. The van der Waals surface area contributed by atoms with E-state index >= 15 is 0 Å². The number of benzene rings is 1. The average molecular weight is 298 g/mol. The Bertz CT molecular complexity index is 488. The second-order valence-corrected chi connectivity index (χ2v) is 5.08. The molecule has 1 rings (SSSR count). The Balaban J connectivity index is 2.60. The highest BCUT2D eigenvalue weighted by Gasteiger charge is 2.11. The summed E-state index contributed by atoms with van der Waals surface area (Å²) in [6, 6.07) is 5.60. The highest BCUT2D eigenvalue weighted by molar-refractivity contribution is 6.31. The number of nitrogens with zero attached hydrogens (tertiary/aromatic N) is 1. The first kappa shape index (κ1) is 16.7. The lowest BCUT2D eigenvalue weighted by atomic mass is 10.1. The zero-order valence-corrected chi connectivity index (χ0v) is 12.7. The van der Waals surface area contributed by atoms with Crippen LogP contribution in [-0.2, 0) is 9.53 Å². The van der Waals surface area contributed by atoms with E-state index in [1.807, 2.05) is 19.1 Å². The zero-order chi connectivity index (χ0) is 15.1. The van der Waals surface area contributed by atoms with E-state index in [1.54, 1.807) is 19.2 Å². The van der Waals surface area contributed by atoms with Gasteiger partial charge in [0.2, 0.25) is 5.91 Å². The summed E-state index contributed by atoms with van der Waals surface area (Å²) in [4.78, 5) is 13.3. The van der Waals surface area contributed by atoms with Crippen molar-refractivity contribution in [3.63, 3.8) is 0 Å². The number of halogens is 1. The third-order valence-electron chi connectivity index (χ3n) is 2.83. The number of amides is 1. The molecular formula is C15H20ClNO3. The molecule has 1 atom stereocenters. The first-order valence-corrected chi connectivity index (χ1v) is 6.68. The minimum atomic E-state index is -0.684. The number of aliphatic hydroxyl groups is 1. The molecule has 4 nitrogen and oxygen atoms in total. The maximum Gasteiger partial charge on any atom is 0.246 e. The Morgan fingerprint density at radius 2 is 2.25 bits per heavy atom. The first-order valence-electron chi connectivity index (χ1n) is 6.30. The highest BCUT2D eigenvalue weighted by Crippen LogP contribution is 2.17. The molecule has 0 bridgehead atoms.